The Morgan fingerprint density at radius 1 is 1.12 bits per heavy atom. The zero-order valence-corrected chi connectivity index (χ0v) is 12.1. The molecule has 1 amide bonds. The van der Waals surface area contributed by atoms with Crippen molar-refractivity contribution in [1.29, 1.82) is 0 Å². The lowest BCUT2D eigenvalue weighted by Crippen LogP contribution is -2.54. The second-order valence-electron chi connectivity index (χ2n) is 4.90. The molecule has 0 aliphatic heterocycles. The van der Waals surface area contributed by atoms with Gasteiger partial charge < -0.3 is 15.5 Å². The second-order valence-corrected chi connectivity index (χ2v) is 4.90. The van der Waals surface area contributed by atoms with E-state index in [-0.39, 0.29) is 5.91 Å². The Morgan fingerprint density at radius 2 is 1.65 bits per heavy atom. The van der Waals surface area contributed by atoms with Crippen molar-refractivity contribution in [3.05, 3.63) is 0 Å². The van der Waals surface area contributed by atoms with Crippen LogP contribution in [0.1, 0.15) is 40.0 Å². The lowest BCUT2D eigenvalue weighted by atomic mass is 9.92. The van der Waals surface area contributed by atoms with E-state index in [1.165, 1.54) is 0 Å². The molecule has 2 N–H and O–H groups in total. The Balaban J connectivity index is 4.39. The Kier molecular flexibility index (Phi) is 7.39. The van der Waals surface area contributed by atoms with Crippen LogP contribution in [0.15, 0.2) is 0 Å². The standard InChI is InChI=1S/C13H29N3O/c1-6-13(14,7-2)12(17)16(8-3)11-9-10-15(4)5/h6-11,14H2,1-5H3. The average molecular weight is 243 g/mol. The van der Waals surface area contributed by atoms with Crippen molar-refractivity contribution < 1.29 is 4.79 Å². The maximum Gasteiger partial charge on any atom is 0.242 e. The molecule has 17 heavy (non-hydrogen) atoms. The first kappa shape index (κ1) is 16.4. The third-order valence-corrected chi connectivity index (χ3v) is 3.39. The maximum atomic E-state index is 12.3. The summed E-state index contributed by atoms with van der Waals surface area (Å²) in [6.45, 7) is 8.51. The van der Waals surface area contributed by atoms with Crippen LogP contribution in [-0.2, 0) is 4.79 Å². The van der Waals surface area contributed by atoms with Crippen molar-refractivity contribution in [2.75, 3.05) is 33.7 Å². The van der Waals surface area contributed by atoms with E-state index in [9.17, 15) is 4.79 Å². The van der Waals surface area contributed by atoms with Crippen molar-refractivity contribution in [2.24, 2.45) is 5.73 Å². The minimum Gasteiger partial charge on any atom is -0.341 e. The summed E-state index contributed by atoms with van der Waals surface area (Å²) >= 11 is 0. The molecule has 0 aliphatic carbocycles. The largest absolute Gasteiger partial charge is 0.341 e. The highest BCUT2D eigenvalue weighted by molar-refractivity contribution is 5.86. The first-order valence-corrected chi connectivity index (χ1v) is 6.64. The van der Waals surface area contributed by atoms with E-state index in [4.69, 9.17) is 5.73 Å². The van der Waals surface area contributed by atoms with E-state index in [1.807, 2.05) is 39.8 Å². The van der Waals surface area contributed by atoms with Gasteiger partial charge in [-0.1, -0.05) is 13.8 Å². The molecule has 0 aromatic rings. The third kappa shape index (κ3) is 5.04. The summed E-state index contributed by atoms with van der Waals surface area (Å²) in [6, 6.07) is 0. The molecule has 0 bridgehead atoms. The van der Waals surface area contributed by atoms with Crippen molar-refractivity contribution in [3.63, 3.8) is 0 Å². The van der Waals surface area contributed by atoms with Gasteiger partial charge in [0.2, 0.25) is 5.91 Å². The predicted octanol–water partition coefficient (Wildman–Crippen LogP) is 1.30. The van der Waals surface area contributed by atoms with Gasteiger partial charge in [-0.3, -0.25) is 4.79 Å². The Bertz CT molecular complexity index is 225. The molecule has 0 spiro atoms. The molecule has 0 aromatic heterocycles. The monoisotopic (exact) mass is 243 g/mol. The Morgan fingerprint density at radius 3 is 2.00 bits per heavy atom. The SMILES string of the molecule is CCN(CCCN(C)C)C(=O)C(N)(CC)CC. The molecule has 0 rings (SSSR count). The number of hydrogen-bond acceptors (Lipinski definition) is 3. The van der Waals surface area contributed by atoms with E-state index in [0.717, 1.165) is 26.1 Å². The zero-order valence-electron chi connectivity index (χ0n) is 12.1. The summed E-state index contributed by atoms with van der Waals surface area (Å²) in [5.74, 6) is 0.101. The molecule has 0 aliphatic rings. The third-order valence-electron chi connectivity index (χ3n) is 3.39. The molecule has 0 radical (unpaired) electrons. The summed E-state index contributed by atoms with van der Waals surface area (Å²) in [6.07, 6.45) is 2.40. The number of hydrogen-bond donors (Lipinski definition) is 1. The molecular formula is C13H29N3O. The first-order valence-electron chi connectivity index (χ1n) is 6.64. The Labute approximate surface area is 106 Å². The molecular weight excluding hydrogens is 214 g/mol. The number of carbonyl (C=O) groups excluding carboxylic acids is 1. The van der Waals surface area contributed by atoms with Crippen LogP contribution in [0.25, 0.3) is 0 Å². The van der Waals surface area contributed by atoms with Crippen LogP contribution in [0, 0.1) is 0 Å². The number of nitrogens with zero attached hydrogens (tertiary/aromatic N) is 2. The van der Waals surface area contributed by atoms with Crippen LogP contribution in [0.2, 0.25) is 0 Å². The highest BCUT2D eigenvalue weighted by Crippen LogP contribution is 2.15. The fourth-order valence-electron chi connectivity index (χ4n) is 1.85. The fraction of sp³-hybridized carbons (Fsp3) is 0.923. The molecule has 0 heterocycles. The predicted molar refractivity (Wildman–Crippen MR) is 72.9 cm³/mol. The van der Waals surface area contributed by atoms with Gasteiger partial charge >= 0.3 is 0 Å². The lowest BCUT2D eigenvalue weighted by molar-refractivity contribution is -0.137. The highest BCUT2D eigenvalue weighted by Gasteiger charge is 2.33. The van der Waals surface area contributed by atoms with Crippen LogP contribution in [-0.4, -0.2) is 55.0 Å². The molecule has 0 unspecified atom stereocenters. The van der Waals surface area contributed by atoms with Crippen molar-refractivity contribution in [3.8, 4) is 0 Å². The maximum absolute atomic E-state index is 12.3. The molecule has 0 saturated carbocycles. The van der Waals surface area contributed by atoms with Gasteiger partial charge in [0.15, 0.2) is 0 Å². The number of nitrogens with two attached hydrogens (primary N) is 1. The molecule has 4 nitrogen and oxygen atoms in total. The minimum absolute atomic E-state index is 0.101. The van der Waals surface area contributed by atoms with Gasteiger partial charge in [-0.25, -0.2) is 0 Å². The lowest BCUT2D eigenvalue weighted by Gasteiger charge is -2.32. The van der Waals surface area contributed by atoms with E-state index >= 15 is 0 Å². The fourth-order valence-corrected chi connectivity index (χ4v) is 1.85. The number of likely N-dealkylation sites (N-methyl/N-ethyl adjacent to an activating group) is 1. The van der Waals surface area contributed by atoms with Crippen LogP contribution in [0.3, 0.4) is 0 Å². The number of rotatable bonds is 8. The summed E-state index contributed by atoms with van der Waals surface area (Å²) < 4.78 is 0. The molecule has 0 atom stereocenters. The van der Waals surface area contributed by atoms with E-state index in [2.05, 4.69) is 4.90 Å². The molecule has 4 heteroatoms. The van der Waals surface area contributed by atoms with Crippen LogP contribution in [0.5, 0.6) is 0 Å². The van der Waals surface area contributed by atoms with Crippen molar-refractivity contribution in [1.82, 2.24) is 9.80 Å². The normalized spacial score (nSPS) is 11.9. The average Bonchev–Trinajstić information content (AvgIpc) is 2.32. The quantitative estimate of drug-likeness (QED) is 0.699. The van der Waals surface area contributed by atoms with E-state index in [0.29, 0.717) is 12.8 Å². The molecule has 0 fully saturated rings. The second kappa shape index (κ2) is 7.67. The summed E-state index contributed by atoms with van der Waals surface area (Å²) in [5.41, 5.74) is 5.47. The summed E-state index contributed by atoms with van der Waals surface area (Å²) in [7, 11) is 4.09. The first-order chi connectivity index (χ1) is 7.91. The smallest absolute Gasteiger partial charge is 0.242 e. The van der Waals surface area contributed by atoms with Gasteiger partial charge in [-0.15, -0.1) is 0 Å². The van der Waals surface area contributed by atoms with Crippen LogP contribution < -0.4 is 5.73 Å². The molecule has 0 aromatic carbocycles. The summed E-state index contributed by atoms with van der Waals surface area (Å²) in [4.78, 5) is 16.3. The van der Waals surface area contributed by atoms with Gasteiger partial charge in [-0.2, -0.15) is 0 Å². The highest BCUT2D eigenvalue weighted by atomic mass is 16.2. The van der Waals surface area contributed by atoms with Gasteiger partial charge in [0, 0.05) is 13.1 Å². The van der Waals surface area contributed by atoms with Crippen molar-refractivity contribution in [2.45, 2.75) is 45.6 Å². The number of amides is 1. The van der Waals surface area contributed by atoms with E-state index in [1.54, 1.807) is 0 Å². The van der Waals surface area contributed by atoms with Crippen LogP contribution in [0.4, 0.5) is 0 Å². The van der Waals surface area contributed by atoms with Gasteiger partial charge in [0.05, 0.1) is 5.54 Å². The summed E-state index contributed by atoms with van der Waals surface area (Å²) in [5, 5.41) is 0. The molecule has 102 valence electrons. The van der Waals surface area contributed by atoms with Gasteiger partial charge in [0.25, 0.3) is 0 Å². The topological polar surface area (TPSA) is 49.6 Å². The minimum atomic E-state index is -0.672. The van der Waals surface area contributed by atoms with Gasteiger partial charge in [-0.05, 0) is 46.8 Å². The molecule has 0 saturated heterocycles. The number of carbonyl (C=O) groups is 1. The van der Waals surface area contributed by atoms with E-state index < -0.39 is 5.54 Å². The van der Waals surface area contributed by atoms with Crippen molar-refractivity contribution >= 4 is 5.91 Å². The zero-order chi connectivity index (χ0) is 13.5. The van der Waals surface area contributed by atoms with Crippen LogP contribution >= 0.6 is 0 Å². The Hall–Kier alpha value is -0.610. The van der Waals surface area contributed by atoms with Gasteiger partial charge in [0.1, 0.15) is 0 Å².